The average molecular weight is 418 g/mol. The molecule has 9 heteroatoms. The molecule has 3 heterocycles. The van der Waals surface area contributed by atoms with Crippen molar-refractivity contribution in [3.05, 3.63) is 64.8 Å². The van der Waals surface area contributed by atoms with Crippen LogP contribution in [0.5, 0.6) is 5.75 Å². The van der Waals surface area contributed by atoms with E-state index in [9.17, 15) is 4.79 Å². The number of hydrogen-bond acceptors (Lipinski definition) is 8. The Hall–Kier alpha value is -3.85. The number of aryl methyl sites for hydroxylation is 1. The summed E-state index contributed by atoms with van der Waals surface area (Å²) in [6, 6.07) is 9.03. The van der Waals surface area contributed by atoms with Crippen LogP contribution >= 0.6 is 0 Å². The first kappa shape index (κ1) is 20.4. The van der Waals surface area contributed by atoms with Gasteiger partial charge in [0.15, 0.2) is 0 Å². The average Bonchev–Trinajstić information content (AvgIpc) is 3.30. The van der Waals surface area contributed by atoms with E-state index < -0.39 is 0 Å². The molecule has 0 aliphatic carbocycles. The van der Waals surface area contributed by atoms with Crippen molar-refractivity contribution in [3.8, 4) is 40.0 Å². The van der Waals surface area contributed by atoms with Gasteiger partial charge in [-0.15, -0.1) is 10.2 Å². The Balaban J connectivity index is 1.67. The minimum absolute atomic E-state index is 0.0633. The molecule has 0 saturated heterocycles. The number of methoxy groups -OCH3 is 1. The molecule has 1 N–H and O–H groups in total. The second-order valence-corrected chi connectivity index (χ2v) is 6.81. The van der Waals surface area contributed by atoms with Crippen LogP contribution in [0.3, 0.4) is 0 Å². The smallest absolute Gasteiger partial charge is 0.268 e. The molecule has 0 saturated carbocycles. The number of benzene rings is 1. The van der Waals surface area contributed by atoms with E-state index in [2.05, 4.69) is 25.5 Å². The van der Waals surface area contributed by atoms with Gasteiger partial charge < -0.3 is 19.0 Å². The summed E-state index contributed by atoms with van der Waals surface area (Å²) in [6.07, 6.45) is 4.95. The van der Waals surface area contributed by atoms with Gasteiger partial charge in [0.25, 0.3) is 17.3 Å². The molecule has 31 heavy (non-hydrogen) atoms. The predicted molar refractivity (Wildman–Crippen MR) is 115 cm³/mol. The Morgan fingerprint density at radius 3 is 2.68 bits per heavy atom. The van der Waals surface area contributed by atoms with Crippen LogP contribution in [0.15, 0.2) is 58.1 Å². The van der Waals surface area contributed by atoms with Crippen molar-refractivity contribution in [2.24, 2.45) is 0 Å². The van der Waals surface area contributed by atoms with Gasteiger partial charge in [0.2, 0.25) is 0 Å². The monoisotopic (exact) mass is 418 g/mol. The van der Waals surface area contributed by atoms with E-state index in [4.69, 9.17) is 9.15 Å². The topological polar surface area (TPSA) is 108 Å². The van der Waals surface area contributed by atoms with Crippen molar-refractivity contribution >= 4 is 0 Å². The zero-order valence-corrected chi connectivity index (χ0v) is 17.5. The van der Waals surface area contributed by atoms with Crippen molar-refractivity contribution in [2.75, 3.05) is 14.2 Å². The normalized spacial score (nSPS) is 10.9. The summed E-state index contributed by atoms with van der Waals surface area (Å²) in [5.74, 6) is 1.22. The second kappa shape index (κ2) is 8.88. The molecule has 0 amide bonds. The highest BCUT2D eigenvalue weighted by molar-refractivity contribution is 5.65. The second-order valence-electron chi connectivity index (χ2n) is 6.81. The van der Waals surface area contributed by atoms with Crippen LogP contribution in [0.1, 0.15) is 12.5 Å². The number of pyridine rings is 1. The molecule has 1 aromatic carbocycles. The summed E-state index contributed by atoms with van der Waals surface area (Å²) < 4.78 is 13.0. The maximum atomic E-state index is 11.8. The third-order valence-corrected chi connectivity index (χ3v) is 4.78. The van der Waals surface area contributed by atoms with Crippen LogP contribution < -0.4 is 15.6 Å². The molecule has 0 unspecified atom stereocenters. The number of ether oxygens (including phenoxy) is 1. The summed E-state index contributed by atoms with van der Waals surface area (Å²) in [7, 11) is 3.49. The van der Waals surface area contributed by atoms with E-state index in [1.807, 2.05) is 32.2 Å². The molecular weight excluding hydrogens is 396 g/mol. The van der Waals surface area contributed by atoms with Gasteiger partial charge in [0, 0.05) is 30.9 Å². The Labute approximate surface area is 178 Å². The maximum absolute atomic E-state index is 11.8. The van der Waals surface area contributed by atoms with Crippen molar-refractivity contribution < 1.29 is 9.15 Å². The predicted octanol–water partition coefficient (Wildman–Crippen LogP) is 2.77. The van der Waals surface area contributed by atoms with Crippen LogP contribution in [0, 0.1) is 0 Å². The van der Waals surface area contributed by atoms with Gasteiger partial charge in [-0.3, -0.25) is 9.78 Å². The number of hydrogen-bond donors (Lipinski definition) is 1. The van der Waals surface area contributed by atoms with Gasteiger partial charge in [-0.25, -0.2) is 4.98 Å². The Morgan fingerprint density at radius 2 is 1.90 bits per heavy atom. The van der Waals surface area contributed by atoms with Crippen LogP contribution in [0.4, 0.5) is 0 Å². The third-order valence-electron chi connectivity index (χ3n) is 4.78. The van der Waals surface area contributed by atoms with Gasteiger partial charge in [-0.05, 0) is 37.7 Å². The summed E-state index contributed by atoms with van der Waals surface area (Å²) in [5, 5.41) is 11.4. The molecule has 0 fully saturated rings. The lowest BCUT2D eigenvalue weighted by atomic mass is 10.1. The number of aromatic nitrogens is 5. The summed E-state index contributed by atoms with van der Waals surface area (Å²) in [4.78, 5) is 20.7. The Kier molecular flexibility index (Phi) is 5.85. The fourth-order valence-electron chi connectivity index (χ4n) is 3.20. The molecular formula is C22H22N6O3. The molecule has 9 nitrogen and oxygen atoms in total. The molecule has 0 aliphatic heterocycles. The highest BCUT2D eigenvalue weighted by Crippen LogP contribution is 2.31. The molecule has 4 rings (SSSR count). The first-order chi connectivity index (χ1) is 15.1. The third kappa shape index (κ3) is 4.22. The Morgan fingerprint density at radius 1 is 1.10 bits per heavy atom. The summed E-state index contributed by atoms with van der Waals surface area (Å²) in [5.41, 5.74) is 3.53. The number of nitrogens with one attached hydrogen (secondary N) is 1. The quantitative estimate of drug-likeness (QED) is 0.488. The summed E-state index contributed by atoms with van der Waals surface area (Å²) >= 11 is 0. The fourth-order valence-corrected chi connectivity index (χ4v) is 3.20. The standard InChI is InChI=1S/C22H22N6O3/c1-4-28-13-15(6-8-20(28)29)17-11-24-12-18(25-17)22-27-26-21(31-22)16-7-5-14(10-23-2)9-19(16)30-3/h5-9,11-13,23H,4,10H2,1-3H3. The lowest BCUT2D eigenvalue weighted by Gasteiger charge is -2.08. The van der Waals surface area contributed by atoms with Gasteiger partial charge >= 0.3 is 0 Å². The van der Waals surface area contributed by atoms with Crippen LogP contribution in [0.2, 0.25) is 0 Å². The molecule has 0 atom stereocenters. The van der Waals surface area contributed by atoms with Crippen LogP contribution in [-0.2, 0) is 13.1 Å². The first-order valence-corrected chi connectivity index (χ1v) is 9.81. The van der Waals surface area contributed by atoms with Crippen molar-refractivity contribution in [3.63, 3.8) is 0 Å². The van der Waals surface area contributed by atoms with E-state index in [1.54, 1.807) is 36.3 Å². The highest BCUT2D eigenvalue weighted by atomic mass is 16.5. The zero-order chi connectivity index (χ0) is 21.8. The van der Waals surface area contributed by atoms with Crippen molar-refractivity contribution in [1.29, 1.82) is 0 Å². The van der Waals surface area contributed by atoms with Gasteiger partial charge in [0.05, 0.1) is 30.8 Å². The maximum Gasteiger partial charge on any atom is 0.268 e. The Bertz CT molecular complexity index is 1260. The SMILES string of the molecule is CCn1cc(-c2cncc(-c3nnc(-c4ccc(CNC)cc4OC)o3)n2)ccc1=O. The fraction of sp³-hybridized carbons (Fsp3) is 0.227. The molecule has 158 valence electrons. The van der Waals surface area contributed by atoms with Crippen molar-refractivity contribution in [2.45, 2.75) is 20.0 Å². The van der Waals surface area contributed by atoms with Crippen molar-refractivity contribution in [1.82, 2.24) is 30.0 Å². The van der Waals surface area contributed by atoms with E-state index in [0.717, 1.165) is 17.7 Å². The van der Waals surface area contributed by atoms with Crippen LogP contribution in [0.25, 0.3) is 34.3 Å². The van der Waals surface area contributed by atoms with Crippen LogP contribution in [-0.4, -0.2) is 38.9 Å². The summed E-state index contributed by atoms with van der Waals surface area (Å²) in [6.45, 7) is 3.20. The number of rotatable bonds is 7. The van der Waals surface area contributed by atoms with Gasteiger partial charge in [-0.2, -0.15) is 0 Å². The van der Waals surface area contributed by atoms with E-state index in [1.165, 1.54) is 6.07 Å². The molecule has 0 radical (unpaired) electrons. The molecule has 0 spiro atoms. The molecule has 0 bridgehead atoms. The van der Waals surface area contributed by atoms with E-state index >= 15 is 0 Å². The first-order valence-electron chi connectivity index (χ1n) is 9.81. The van der Waals surface area contributed by atoms with E-state index in [0.29, 0.717) is 35.1 Å². The highest BCUT2D eigenvalue weighted by Gasteiger charge is 2.17. The molecule has 3 aromatic heterocycles. The minimum atomic E-state index is -0.0633. The lowest BCUT2D eigenvalue weighted by molar-refractivity contribution is 0.413. The van der Waals surface area contributed by atoms with Gasteiger partial charge in [-0.1, -0.05) is 6.07 Å². The van der Waals surface area contributed by atoms with E-state index in [-0.39, 0.29) is 11.4 Å². The van der Waals surface area contributed by atoms with Gasteiger partial charge in [0.1, 0.15) is 11.4 Å². The zero-order valence-electron chi connectivity index (χ0n) is 17.5. The molecule has 4 aromatic rings. The molecule has 0 aliphatic rings. The minimum Gasteiger partial charge on any atom is -0.496 e. The lowest BCUT2D eigenvalue weighted by Crippen LogP contribution is -2.17. The largest absolute Gasteiger partial charge is 0.496 e. The number of nitrogens with zero attached hydrogens (tertiary/aromatic N) is 5.